The number of nitrogens with one attached hydrogen (secondary N) is 1. The summed E-state index contributed by atoms with van der Waals surface area (Å²) < 4.78 is 13.3. The van der Waals surface area contributed by atoms with E-state index in [-0.39, 0.29) is 11.6 Å². The normalized spacial score (nSPS) is 12.6. The smallest absolute Gasteiger partial charge is 0.338 e. The first-order chi connectivity index (χ1) is 7.41. The Hall–Kier alpha value is -1.58. The van der Waals surface area contributed by atoms with Crippen LogP contribution < -0.4 is 5.32 Å². The molecule has 0 fully saturated rings. The van der Waals surface area contributed by atoms with Crippen molar-refractivity contribution in [3.8, 4) is 0 Å². The maximum Gasteiger partial charge on any atom is 0.338 e. The van der Waals surface area contributed by atoms with Gasteiger partial charge in [0.1, 0.15) is 5.82 Å². The molecule has 0 aromatic heterocycles. The zero-order chi connectivity index (χ0) is 12.3. The first kappa shape index (κ1) is 12.5. The van der Waals surface area contributed by atoms with Gasteiger partial charge in [-0.3, -0.25) is 0 Å². The van der Waals surface area contributed by atoms with Gasteiger partial charge in [-0.2, -0.15) is 0 Å². The Kier molecular flexibility index (Phi) is 3.88. The van der Waals surface area contributed by atoms with Gasteiger partial charge in [-0.1, -0.05) is 13.8 Å². The maximum atomic E-state index is 13.3. The summed E-state index contributed by atoms with van der Waals surface area (Å²) in [5, 5.41) is 11.8. The monoisotopic (exact) mass is 225 g/mol. The lowest BCUT2D eigenvalue weighted by molar-refractivity contribution is 0.0692. The number of aromatic carboxylic acids is 1. The number of hydrogen-bond donors (Lipinski definition) is 2. The van der Waals surface area contributed by atoms with Crippen LogP contribution in [0.1, 0.15) is 31.1 Å². The molecule has 0 heterocycles. The predicted molar refractivity (Wildman–Crippen MR) is 61.3 cm³/mol. The summed E-state index contributed by atoms with van der Waals surface area (Å²) in [5.74, 6) is -1.54. The van der Waals surface area contributed by atoms with Crippen molar-refractivity contribution >= 4 is 11.7 Å². The SMILES string of the molecule is CC(C)C(C)Nc1ccc(C(=O)O)c(F)c1. The predicted octanol–water partition coefficient (Wildman–Crippen LogP) is 2.98. The van der Waals surface area contributed by atoms with Crippen molar-refractivity contribution in [1.29, 1.82) is 0 Å². The van der Waals surface area contributed by atoms with E-state index in [0.29, 0.717) is 11.6 Å². The summed E-state index contributed by atoms with van der Waals surface area (Å²) in [5.41, 5.74) is 0.298. The van der Waals surface area contributed by atoms with Crippen molar-refractivity contribution in [2.75, 3.05) is 5.32 Å². The van der Waals surface area contributed by atoms with Crippen molar-refractivity contribution < 1.29 is 14.3 Å². The summed E-state index contributed by atoms with van der Waals surface area (Å²) in [6.07, 6.45) is 0. The lowest BCUT2D eigenvalue weighted by Crippen LogP contribution is -2.21. The van der Waals surface area contributed by atoms with Crippen LogP contribution in [0.2, 0.25) is 0 Å². The van der Waals surface area contributed by atoms with Crippen LogP contribution >= 0.6 is 0 Å². The molecule has 0 bridgehead atoms. The lowest BCUT2D eigenvalue weighted by atomic mass is 10.1. The molecule has 1 rings (SSSR count). The van der Waals surface area contributed by atoms with E-state index < -0.39 is 11.8 Å². The van der Waals surface area contributed by atoms with E-state index in [1.54, 1.807) is 6.07 Å². The molecule has 88 valence electrons. The van der Waals surface area contributed by atoms with Gasteiger partial charge in [0.05, 0.1) is 5.56 Å². The Balaban J connectivity index is 2.85. The number of rotatable bonds is 4. The molecular weight excluding hydrogens is 209 g/mol. The summed E-state index contributed by atoms with van der Waals surface area (Å²) in [4.78, 5) is 10.6. The van der Waals surface area contributed by atoms with Gasteiger partial charge in [0.15, 0.2) is 0 Å². The van der Waals surface area contributed by atoms with Crippen LogP contribution in [-0.2, 0) is 0 Å². The van der Waals surface area contributed by atoms with E-state index in [1.165, 1.54) is 12.1 Å². The number of benzene rings is 1. The zero-order valence-electron chi connectivity index (χ0n) is 9.62. The van der Waals surface area contributed by atoms with E-state index in [1.807, 2.05) is 6.92 Å². The molecule has 4 heteroatoms. The first-order valence-corrected chi connectivity index (χ1v) is 5.21. The van der Waals surface area contributed by atoms with E-state index in [2.05, 4.69) is 19.2 Å². The third-order valence-corrected chi connectivity index (χ3v) is 2.59. The van der Waals surface area contributed by atoms with Crippen LogP contribution in [0.3, 0.4) is 0 Å². The number of carboxylic acids is 1. The highest BCUT2D eigenvalue weighted by molar-refractivity contribution is 5.88. The first-order valence-electron chi connectivity index (χ1n) is 5.21. The Morgan fingerprint density at radius 3 is 2.44 bits per heavy atom. The number of carboxylic acid groups (broad SMARTS) is 1. The summed E-state index contributed by atoms with van der Waals surface area (Å²) in [6, 6.07) is 4.26. The van der Waals surface area contributed by atoms with Crippen LogP contribution in [0.15, 0.2) is 18.2 Å². The van der Waals surface area contributed by atoms with E-state index in [4.69, 9.17) is 5.11 Å². The molecular formula is C12H16FNO2. The van der Waals surface area contributed by atoms with Gasteiger partial charge in [0.25, 0.3) is 0 Å². The number of carbonyl (C=O) groups is 1. The summed E-state index contributed by atoms with van der Waals surface area (Å²) >= 11 is 0. The van der Waals surface area contributed by atoms with Crippen LogP contribution in [0.4, 0.5) is 10.1 Å². The average Bonchev–Trinajstić information content (AvgIpc) is 2.16. The number of anilines is 1. The van der Waals surface area contributed by atoms with Gasteiger partial charge in [-0.15, -0.1) is 0 Å². The highest BCUT2D eigenvalue weighted by Gasteiger charge is 2.12. The third-order valence-electron chi connectivity index (χ3n) is 2.59. The minimum Gasteiger partial charge on any atom is -0.478 e. The minimum absolute atomic E-state index is 0.204. The molecule has 0 amide bonds. The van der Waals surface area contributed by atoms with Gasteiger partial charge in [-0.25, -0.2) is 9.18 Å². The lowest BCUT2D eigenvalue weighted by Gasteiger charge is -2.18. The molecule has 1 unspecified atom stereocenters. The van der Waals surface area contributed by atoms with Gasteiger partial charge in [0.2, 0.25) is 0 Å². The summed E-state index contributed by atoms with van der Waals surface area (Å²) in [6.45, 7) is 6.10. The van der Waals surface area contributed by atoms with Crippen molar-refractivity contribution in [1.82, 2.24) is 0 Å². The molecule has 1 aromatic carbocycles. The number of halogens is 1. The Bertz CT molecular complexity index is 391. The minimum atomic E-state index is -1.25. The van der Waals surface area contributed by atoms with Crippen molar-refractivity contribution in [3.05, 3.63) is 29.6 Å². The fourth-order valence-electron chi connectivity index (χ4n) is 1.21. The maximum absolute atomic E-state index is 13.3. The molecule has 0 spiro atoms. The van der Waals surface area contributed by atoms with Gasteiger partial charge >= 0.3 is 5.97 Å². The van der Waals surface area contributed by atoms with Crippen molar-refractivity contribution in [3.63, 3.8) is 0 Å². The highest BCUT2D eigenvalue weighted by Crippen LogP contribution is 2.17. The topological polar surface area (TPSA) is 49.3 Å². The molecule has 0 saturated carbocycles. The molecule has 2 N–H and O–H groups in total. The Morgan fingerprint density at radius 1 is 1.38 bits per heavy atom. The van der Waals surface area contributed by atoms with Crippen LogP contribution in [0.5, 0.6) is 0 Å². The van der Waals surface area contributed by atoms with E-state index >= 15 is 0 Å². The second-order valence-electron chi connectivity index (χ2n) is 4.18. The van der Waals surface area contributed by atoms with Crippen LogP contribution in [0, 0.1) is 11.7 Å². The molecule has 1 aromatic rings. The fraction of sp³-hybridized carbons (Fsp3) is 0.417. The molecule has 3 nitrogen and oxygen atoms in total. The molecule has 0 aliphatic carbocycles. The number of hydrogen-bond acceptors (Lipinski definition) is 2. The zero-order valence-corrected chi connectivity index (χ0v) is 9.62. The van der Waals surface area contributed by atoms with Crippen molar-refractivity contribution in [2.24, 2.45) is 5.92 Å². The molecule has 0 aliphatic heterocycles. The quantitative estimate of drug-likeness (QED) is 0.828. The molecule has 0 saturated heterocycles. The highest BCUT2D eigenvalue weighted by atomic mass is 19.1. The Labute approximate surface area is 94.3 Å². The Morgan fingerprint density at radius 2 is 2.00 bits per heavy atom. The molecule has 1 atom stereocenters. The largest absolute Gasteiger partial charge is 0.478 e. The third kappa shape index (κ3) is 2.95. The molecule has 0 radical (unpaired) electrons. The second kappa shape index (κ2) is 4.96. The fourth-order valence-corrected chi connectivity index (χ4v) is 1.21. The molecule has 16 heavy (non-hydrogen) atoms. The average molecular weight is 225 g/mol. The summed E-state index contributed by atoms with van der Waals surface area (Å²) in [7, 11) is 0. The standard InChI is InChI=1S/C12H16FNO2/c1-7(2)8(3)14-9-4-5-10(12(15)16)11(13)6-9/h4-8,14H,1-3H3,(H,15,16). The van der Waals surface area contributed by atoms with Crippen LogP contribution in [-0.4, -0.2) is 17.1 Å². The second-order valence-corrected chi connectivity index (χ2v) is 4.18. The van der Waals surface area contributed by atoms with E-state index in [9.17, 15) is 9.18 Å². The van der Waals surface area contributed by atoms with Gasteiger partial charge in [0, 0.05) is 11.7 Å². The van der Waals surface area contributed by atoms with Crippen molar-refractivity contribution in [2.45, 2.75) is 26.8 Å². The van der Waals surface area contributed by atoms with E-state index in [0.717, 1.165) is 0 Å². The van der Waals surface area contributed by atoms with Gasteiger partial charge < -0.3 is 10.4 Å². The van der Waals surface area contributed by atoms with Crippen LogP contribution in [0.25, 0.3) is 0 Å². The van der Waals surface area contributed by atoms with Gasteiger partial charge in [-0.05, 0) is 31.0 Å². The molecule has 0 aliphatic rings.